The third-order valence-electron chi connectivity index (χ3n) is 5.97. The Morgan fingerprint density at radius 1 is 1.12 bits per heavy atom. The maximum atomic E-state index is 12.9. The summed E-state index contributed by atoms with van der Waals surface area (Å²) in [5, 5.41) is -0.0169. The summed E-state index contributed by atoms with van der Waals surface area (Å²) in [6.07, 6.45) is 9.57. The van der Waals surface area contributed by atoms with Crippen LogP contribution >= 0.6 is 8.15 Å². The van der Waals surface area contributed by atoms with Gasteiger partial charge in [-0.2, -0.15) is 0 Å². The Labute approximate surface area is 195 Å². The number of benzene rings is 1. The number of hydrogen-bond donors (Lipinski definition) is 2. The van der Waals surface area contributed by atoms with Gasteiger partial charge in [-0.1, -0.05) is 6.58 Å². The van der Waals surface area contributed by atoms with Gasteiger partial charge in [0, 0.05) is 42.7 Å². The highest BCUT2D eigenvalue weighted by Crippen LogP contribution is 2.28. The molecule has 1 aromatic carbocycles. The van der Waals surface area contributed by atoms with Gasteiger partial charge in [-0.25, -0.2) is 18.7 Å². The lowest BCUT2D eigenvalue weighted by Gasteiger charge is -2.42. The summed E-state index contributed by atoms with van der Waals surface area (Å²) in [4.78, 5) is 22.6. The van der Waals surface area contributed by atoms with E-state index in [0.29, 0.717) is 11.8 Å². The molecule has 1 aromatic heterocycles. The van der Waals surface area contributed by atoms with Gasteiger partial charge < -0.3 is 25.2 Å². The third kappa shape index (κ3) is 6.51. The molecular weight excluding hydrogens is 447 g/mol. The second kappa shape index (κ2) is 11.6. The van der Waals surface area contributed by atoms with Gasteiger partial charge in [0.15, 0.2) is 5.75 Å². The van der Waals surface area contributed by atoms with Crippen LogP contribution in [-0.4, -0.2) is 59.2 Å². The Morgan fingerprint density at radius 3 is 2.36 bits per heavy atom. The Morgan fingerprint density at radius 2 is 1.79 bits per heavy atom. The van der Waals surface area contributed by atoms with Gasteiger partial charge in [-0.3, -0.25) is 0 Å². The van der Waals surface area contributed by atoms with E-state index in [1.807, 2.05) is 0 Å². The Bertz CT molecular complexity index is 937. The lowest BCUT2D eigenvalue weighted by atomic mass is 9.98. The maximum Gasteiger partial charge on any atom is 0.225 e. The number of likely N-dealkylation sites (tertiary alicyclic amines) is 1. The van der Waals surface area contributed by atoms with Crippen LogP contribution in [0, 0.1) is 11.6 Å². The molecule has 4 rings (SSSR count). The monoisotopic (exact) mass is 479 g/mol. The fourth-order valence-electron chi connectivity index (χ4n) is 4.11. The average molecular weight is 480 g/mol. The smallest absolute Gasteiger partial charge is 0.225 e. The first-order valence-corrected chi connectivity index (χ1v) is 12.8. The molecule has 2 saturated heterocycles. The largest absolute Gasteiger partial charge is 0.494 e. The minimum atomic E-state index is -1.62. The molecule has 0 aliphatic carbocycles. The highest BCUT2D eigenvalue weighted by molar-refractivity contribution is 7.59. The number of allylic oxidation sites excluding steroid dienone is 1. The average Bonchev–Trinajstić information content (AvgIpc) is 2.82. The number of ether oxygens (including phenoxy) is 1. The van der Waals surface area contributed by atoms with Crippen molar-refractivity contribution in [2.45, 2.75) is 38.1 Å². The lowest BCUT2D eigenvalue weighted by Crippen LogP contribution is -2.46. The van der Waals surface area contributed by atoms with Gasteiger partial charge in [0.05, 0.1) is 33.3 Å². The highest BCUT2D eigenvalue weighted by Gasteiger charge is 2.27. The molecule has 33 heavy (non-hydrogen) atoms. The molecule has 0 bridgehead atoms. The predicted molar refractivity (Wildman–Crippen MR) is 129 cm³/mol. The van der Waals surface area contributed by atoms with Crippen LogP contribution in [0.1, 0.15) is 32.1 Å². The van der Waals surface area contributed by atoms with Crippen molar-refractivity contribution in [3.63, 3.8) is 0 Å². The summed E-state index contributed by atoms with van der Waals surface area (Å²) in [6, 6.07) is 2.45. The van der Waals surface area contributed by atoms with E-state index in [2.05, 4.69) is 26.3 Å². The van der Waals surface area contributed by atoms with Crippen molar-refractivity contribution in [1.82, 2.24) is 14.9 Å². The molecule has 2 aliphatic rings. The quantitative estimate of drug-likeness (QED) is 0.511. The number of nitrogen functional groups attached to an aromatic ring is 1. The summed E-state index contributed by atoms with van der Waals surface area (Å²) in [5.41, 5.74) is 6.19. The van der Waals surface area contributed by atoms with Crippen LogP contribution in [0.25, 0.3) is 0 Å². The van der Waals surface area contributed by atoms with Gasteiger partial charge in [0.2, 0.25) is 5.95 Å². The number of aromatic nitrogens is 2. The fraction of sp³-hybridized carbons (Fsp3) is 0.478. The first-order valence-electron chi connectivity index (χ1n) is 11.0. The lowest BCUT2D eigenvalue weighted by molar-refractivity contribution is 0.188. The Hall–Kier alpha value is -2.51. The first-order chi connectivity index (χ1) is 15.8. The van der Waals surface area contributed by atoms with Crippen molar-refractivity contribution >= 4 is 25.1 Å². The van der Waals surface area contributed by atoms with Crippen molar-refractivity contribution in [3.8, 4) is 5.75 Å². The molecule has 1 unspecified atom stereocenters. The molecule has 3 N–H and O–H groups in total. The zero-order valence-electron chi connectivity index (χ0n) is 19.2. The van der Waals surface area contributed by atoms with E-state index in [1.165, 1.54) is 38.2 Å². The van der Waals surface area contributed by atoms with Crippen molar-refractivity contribution in [2.75, 3.05) is 44.0 Å². The van der Waals surface area contributed by atoms with Crippen LogP contribution in [0.2, 0.25) is 0 Å². The summed E-state index contributed by atoms with van der Waals surface area (Å²) < 4.78 is 30.7. The van der Waals surface area contributed by atoms with Crippen LogP contribution in [0.5, 0.6) is 5.75 Å². The second-order valence-electron chi connectivity index (χ2n) is 8.21. The number of methoxy groups -OCH3 is 1. The molecule has 2 aliphatic heterocycles. The van der Waals surface area contributed by atoms with Gasteiger partial charge in [-0.15, -0.1) is 0 Å². The SMILES string of the molecule is C=C1CCCCN1C1CCN(c2ncc(OC)cn2)CC1.CP(O)c1cc(F)c(N)cc1F. The van der Waals surface area contributed by atoms with Gasteiger partial charge >= 0.3 is 0 Å². The molecule has 2 fully saturated rings. The molecule has 0 amide bonds. The van der Waals surface area contributed by atoms with E-state index in [-0.39, 0.29) is 11.0 Å². The normalized spacial score (nSPS) is 17.9. The van der Waals surface area contributed by atoms with Gasteiger partial charge in [-0.05, 0) is 44.8 Å². The van der Waals surface area contributed by atoms with Crippen LogP contribution in [-0.2, 0) is 0 Å². The van der Waals surface area contributed by atoms with Crippen LogP contribution in [0.3, 0.4) is 0 Å². The molecule has 10 heteroatoms. The van der Waals surface area contributed by atoms with E-state index in [1.54, 1.807) is 19.5 Å². The number of nitrogens with two attached hydrogens (primary N) is 1. The van der Waals surface area contributed by atoms with Crippen molar-refractivity contribution < 1.29 is 18.4 Å². The van der Waals surface area contributed by atoms with Gasteiger partial charge in [0.25, 0.3) is 0 Å². The summed E-state index contributed by atoms with van der Waals surface area (Å²) in [7, 11) is 0.0187. The predicted octanol–water partition coefficient (Wildman–Crippen LogP) is 3.64. The van der Waals surface area contributed by atoms with E-state index in [4.69, 9.17) is 15.4 Å². The first kappa shape index (κ1) is 25.1. The molecule has 2 aromatic rings. The van der Waals surface area contributed by atoms with Crippen LogP contribution in [0.4, 0.5) is 20.4 Å². The zero-order valence-corrected chi connectivity index (χ0v) is 20.1. The standard InChI is InChI=1S/C16H24N4O.C7H8F2NOP/c1-13-5-3-4-8-20(13)14-6-9-19(10-7-14)16-17-11-15(21-2)12-18-16;1-12(11)7-3-4(8)6(10)2-5(7)9/h11-12,14H,1,3-10H2,2H3;2-3,11H,10H2,1H3. The van der Waals surface area contributed by atoms with E-state index < -0.39 is 19.8 Å². The van der Waals surface area contributed by atoms with Crippen molar-refractivity contribution in [1.29, 1.82) is 0 Å². The molecule has 3 heterocycles. The maximum absolute atomic E-state index is 12.9. The third-order valence-corrected chi connectivity index (χ3v) is 7.01. The Balaban J connectivity index is 0.000000218. The summed E-state index contributed by atoms with van der Waals surface area (Å²) >= 11 is 0. The minimum Gasteiger partial charge on any atom is -0.494 e. The van der Waals surface area contributed by atoms with Crippen LogP contribution in [0.15, 0.2) is 36.8 Å². The van der Waals surface area contributed by atoms with Crippen molar-refractivity contribution in [3.05, 3.63) is 48.4 Å². The molecule has 7 nitrogen and oxygen atoms in total. The number of rotatable bonds is 4. The Kier molecular flexibility index (Phi) is 8.80. The minimum absolute atomic E-state index is 0.0169. The number of hydrogen-bond acceptors (Lipinski definition) is 7. The fourth-order valence-corrected chi connectivity index (χ4v) is 4.78. The van der Waals surface area contributed by atoms with Crippen LogP contribution < -0.4 is 20.7 Å². The van der Waals surface area contributed by atoms with E-state index >= 15 is 0 Å². The second-order valence-corrected chi connectivity index (χ2v) is 9.74. The summed E-state index contributed by atoms with van der Waals surface area (Å²) in [6.45, 7) is 8.87. The van der Waals surface area contributed by atoms with E-state index in [0.717, 1.165) is 44.0 Å². The molecule has 180 valence electrons. The molecule has 0 saturated carbocycles. The molecule has 0 spiro atoms. The highest BCUT2D eigenvalue weighted by atomic mass is 31.1. The number of piperidine rings is 2. The van der Waals surface area contributed by atoms with E-state index in [9.17, 15) is 8.78 Å². The number of halogens is 2. The summed E-state index contributed by atoms with van der Waals surface area (Å²) in [5.74, 6) is 0.157. The topological polar surface area (TPSA) is 87.7 Å². The molecule has 1 atom stereocenters. The van der Waals surface area contributed by atoms with Gasteiger partial charge in [0.1, 0.15) is 11.6 Å². The molecular formula is C23H32F2N5O2P. The molecule has 0 radical (unpaired) electrons. The number of anilines is 2. The number of nitrogens with zero attached hydrogens (tertiary/aromatic N) is 4. The van der Waals surface area contributed by atoms with Crippen molar-refractivity contribution in [2.24, 2.45) is 0 Å². The zero-order chi connectivity index (χ0) is 24.0.